The van der Waals surface area contributed by atoms with Gasteiger partial charge in [0.15, 0.2) is 0 Å². The van der Waals surface area contributed by atoms with Crippen LogP contribution < -0.4 is 0 Å². The van der Waals surface area contributed by atoms with Crippen molar-refractivity contribution in [3.05, 3.63) is 5.82 Å². The maximum atomic E-state index is 11.5. The van der Waals surface area contributed by atoms with Crippen molar-refractivity contribution in [1.82, 2.24) is 14.8 Å². The van der Waals surface area contributed by atoms with Crippen LogP contribution >= 0.6 is 10.7 Å². The number of halogens is 1. The third kappa shape index (κ3) is 3.48. The van der Waals surface area contributed by atoms with E-state index in [0.29, 0.717) is 0 Å². The van der Waals surface area contributed by atoms with Gasteiger partial charge >= 0.3 is 0 Å². The van der Waals surface area contributed by atoms with Crippen LogP contribution in [-0.2, 0) is 15.5 Å². The first-order chi connectivity index (χ1) is 8.89. The van der Waals surface area contributed by atoms with Crippen LogP contribution in [0.4, 0.5) is 0 Å². The van der Waals surface area contributed by atoms with E-state index >= 15 is 0 Å². The summed E-state index contributed by atoms with van der Waals surface area (Å²) in [5, 5.41) is 7.63. The zero-order valence-corrected chi connectivity index (χ0v) is 12.9. The number of hydrogen-bond acceptors (Lipinski definition) is 4. The Bertz CT molecular complexity index is 533. The molecule has 0 atom stereocenters. The lowest BCUT2D eigenvalue weighted by molar-refractivity contribution is 0.465. The summed E-state index contributed by atoms with van der Waals surface area (Å²) in [6.45, 7) is 3.82. The minimum absolute atomic E-state index is 0.0166. The molecule has 1 fully saturated rings. The zero-order valence-electron chi connectivity index (χ0n) is 11.3. The first-order valence-electron chi connectivity index (χ1n) is 6.78. The lowest BCUT2D eigenvalue weighted by atomic mass is 10.0. The second kappa shape index (κ2) is 5.79. The fourth-order valence-electron chi connectivity index (χ4n) is 2.80. The first-order valence-corrected chi connectivity index (χ1v) is 9.09. The Hall–Kier alpha value is -0.620. The molecule has 2 rings (SSSR count). The van der Waals surface area contributed by atoms with Gasteiger partial charge in [0, 0.05) is 23.1 Å². The Kier molecular flexibility index (Phi) is 4.50. The topological polar surface area (TPSA) is 64.8 Å². The van der Waals surface area contributed by atoms with Gasteiger partial charge in [0.1, 0.15) is 5.82 Å². The monoisotopic (exact) mass is 305 g/mol. The molecule has 1 aromatic heterocycles. The molecule has 5 nitrogen and oxygen atoms in total. The summed E-state index contributed by atoms with van der Waals surface area (Å²) in [6.07, 6.45) is 6.98. The summed E-state index contributed by atoms with van der Waals surface area (Å²) in [5.41, 5.74) is 0. The maximum absolute atomic E-state index is 11.5. The molecule has 0 spiro atoms. The molecule has 0 aliphatic heterocycles. The molecule has 108 valence electrons. The molecule has 1 aromatic rings. The van der Waals surface area contributed by atoms with Crippen LogP contribution in [0.25, 0.3) is 0 Å². The second-order valence-electron chi connectivity index (χ2n) is 5.49. The van der Waals surface area contributed by atoms with Crippen molar-refractivity contribution < 1.29 is 8.42 Å². The first kappa shape index (κ1) is 14.8. The quantitative estimate of drug-likeness (QED) is 0.785. The third-order valence-electron chi connectivity index (χ3n) is 3.72. The van der Waals surface area contributed by atoms with E-state index in [9.17, 15) is 8.42 Å². The highest BCUT2D eigenvalue weighted by Gasteiger charge is 2.25. The normalized spacial score (nSPS) is 17.5. The van der Waals surface area contributed by atoms with Crippen LogP contribution in [0, 0.1) is 5.92 Å². The van der Waals surface area contributed by atoms with Crippen molar-refractivity contribution in [2.45, 2.75) is 63.6 Å². The summed E-state index contributed by atoms with van der Waals surface area (Å²) >= 11 is 0. The molecule has 0 N–H and O–H groups in total. The average Bonchev–Trinajstić information content (AvgIpc) is 2.94. The van der Waals surface area contributed by atoms with Gasteiger partial charge in [0.05, 0.1) is 0 Å². The second-order valence-corrected chi connectivity index (χ2v) is 7.95. The smallest absolute Gasteiger partial charge is 0.296 e. The molecular formula is C12H20ClN3O2S. The Balaban J connectivity index is 2.18. The Labute approximate surface area is 118 Å². The fourth-order valence-corrected chi connectivity index (χ4v) is 3.80. The maximum Gasteiger partial charge on any atom is 0.296 e. The summed E-state index contributed by atoms with van der Waals surface area (Å²) in [5.74, 6) is 1.47. The van der Waals surface area contributed by atoms with Crippen molar-refractivity contribution in [2.24, 2.45) is 5.92 Å². The molecule has 0 aromatic carbocycles. The Morgan fingerprint density at radius 2 is 1.95 bits per heavy atom. The third-order valence-corrected chi connectivity index (χ3v) is 4.85. The van der Waals surface area contributed by atoms with Crippen LogP contribution in [0.5, 0.6) is 0 Å². The molecule has 0 unspecified atom stereocenters. The van der Waals surface area contributed by atoms with Crippen molar-refractivity contribution in [1.29, 1.82) is 0 Å². The molecule has 0 bridgehead atoms. The number of aromatic nitrogens is 3. The van der Waals surface area contributed by atoms with Gasteiger partial charge in [-0.05, 0) is 26.2 Å². The van der Waals surface area contributed by atoms with E-state index in [1.807, 2.05) is 13.8 Å². The summed E-state index contributed by atoms with van der Waals surface area (Å²) in [4.78, 5) is 0. The average molecular weight is 306 g/mol. The molecule has 7 heteroatoms. The molecule has 0 radical (unpaired) electrons. The molecule has 1 aliphatic rings. The highest BCUT2D eigenvalue weighted by atomic mass is 35.7. The van der Waals surface area contributed by atoms with Gasteiger partial charge in [-0.15, -0.1) is 10.2 Å². The predicted octanol–water partition coefficient (Wildman–Crippen LogP) is 2.91. The van der Waals surface area contributed by atoms with E-state index in [0.717, 1.165) is 24.6 Å². The number of aryl methyl sites for hydroxylation is 1. The molecule has 1 heterocycles. The van der Waals surface area contributed by atoms with Crippen LogP contribution in [0.1, 0.15) is 57.8 Å². The number of rotatable bonds is 5. The highest BCUT2D eigenvalue weighted by Crippen LogP contribution is 2.29. The van der Waals surface area contributed by atoms with Gasteiger partial charge in [-0.1, -0.05) is 25.7 Å². The Morgan fingerprint density at radius 3 is 2.47 bits per heavy atom. The van der Waals surface area contributed by atoms with Crippen molar-refractivity contribution in [3.8, 4) is 0 Å². The molecular weight excluding hydrogens is 286 g/mol. The van der Waals surface area contributed by atoms with Crippen molar-refractivity contribution in [2.75, 3.05) is 0 Å². The number of hydrogen-bond donors (Lipinski definition) is 0. The van der Waals surface area contributed by atoms with Gasteiger partial charge in [-0.25, -0.2) is 8.42 Å². The van der Waals surface area contributed by atoms with Gasteiger partial charge in [-0.2, -0.15) is 0 Å². The molecule has 1 saturated carbocycles. The largest absolute Gasteiger partial charge is 0.298 e. The van der Waals surface area contributed by atoms with E-state index in [4.69, 9.17) is 10.7 Å². The number of nitrogens with zero attached hydrogens (tertiary/aromatic N) is 3. The van der Waals surface area contributed by atoms with E-state index < -0.39 is 9.05 Å². The zero-order chi connectivity index (χ0) is 14.0. The van der Waals surface area contributed by atoms with E-state index in [-0.39, 0.29) is 11.2 Å². The van der Waals surface area contributed by atoms with Crippen molar-refractivity contribution in [3.63, 3.8) is 0 Å². The summed E-state index contributed by atoms with van der Waals surface area (Å²) in [6, 6.07) is -0.0166. The molecule has 19 heavy (non-hydrogen) atoms. The van der Waals surface area contributed by atoms with E-state index in [1.165, 1.54) is 25.7 Å². The lowest BCUT2D eigenvalue weighted by Crippen LogP contribution is -2.12. The minimum atomic E-state index is -3.83. The van der Waals surface area contributed by atoms with Gasteiger partial charge in [0.2, 0.25) is 0 Å². The van der Waals surface area contributed by atoms with Crippen LogP contribution in [0.15, 0.2) is 5.16 Å². The lowest BCUT2D eigenvalue weighted by Gasteiger charge is -2.13. The molecule has 0 amide bonds. The highest BCUT2D eigenvalue weighted by molar-refractivity contribution is 8.13. The summed E-state index contributed by atoms with van der Waals surface area (Å²) in [7, 11) is 1.56. The SMILES string of the molecule is CC(C)n1c(CCC2CCCC2)nnc1S(=O)(=O)Cl. The predicted molar refractivity (Wildman–Crippen MR) is 73.7 cm³/mol. The standard InChI is InChI=1S/C12H20ClN3O2S/c1-9(2)16-11(8-7-10-5-3-4-6-10)14-15-12(16)19(13,17)18/h9-10H,3-8H2,1-2H3. The van der Waals surface area contributed by atoms with Gasteiger partial charge in [0.25, 0.3) is 14.2 Å². The summed E-state index contributed by atoms with van der Waals surface area (Å²) < 4.78 is 24.6. The van der Waals surface area contributed by atoms with Crippen LogP contribution in [-0.4, -0.2) is 23.2 Å². The van der Waals surface area contributed by atoms with Gasteiger partial charge < -0.3 is 0 Å². The fraction of sp³-hybridized carbons (Fsp3) is 0.833. The Morgan fingerprint density at radius 1 is 1.32 bits per heavy atom. The van der Waals surface area contributed by atoms with Crippen LogP contribution in [0.3, 0.4) is 0 Å². The molecule has 1 aliphatic carbocycles. The molecule has 0 saturated heterocycles. The minimum Gasteiger partial charge on any atom is -0.298 e. The van der Waals surface area contributed by atoms with E-state index in [2.05, 4.69) is 10.2 Å². The van der Waals surface area contributed by atoms with E-state index in [1.54, 1.807) is 4.57 Å². The van der Waals surface area contributed by atoms with Crippen LogP contribution in [0.2, 0.25) is 0 Å². The van der Waals surface area contributed by atoms with Gasteiger partial charge in [-0.3, -0.25) is 4.57 Å². The van der Waals surface area contributed by atoms with Crippen molar-refractivity contribution >= 4 is 19.7 Å².